The molecular formula is C17H22N2O2. The number of hydrogen-bond donors (Lipinski definition) is 1. The third-order valence-corrected chi connectivity index (χ3v) is 4.59. The van der Waals surface area contributed by atoms with Crippen LogP contribution in [0.5, 0.6) is 0 Å². The number of fused-ring (bicyclic) bond motifs is 1. The number of rotatable bonds is 5. The van der Waals surface area contributed by atoms with E-state index < -0.39 is 5.97 Å². The lowest BCUT2D eigenvalue weighted by Gasteiger charge is -2.18. The Morgan fingerprint density at radius 2 is 2.10 bits per heavy atom. The number of hydrogen-bond acceptors (Lipinski definition) is 2. The fourth-order valence-corrected chi connectivity index (χ4v) is 2.68. The first-order valence-corrected chi connectivity index (χ1v) is 7.71. The molecule has 1 atom stereocenters. The average Bonchev–Trinajstić information content (AvgIpc) is 3.21. The van der Waals surface area contributed by atoms with Gasteiger partial charge in [-0.25, -0.2) is 9.78 Å². The number of imidazole rings is 1. The minimum Gasteiger partial charge on any atom is -0.478 e. The molecule has 1 saturated carbocycles. The van der Waals surface area contributed by atoms with Gasteiger partial charge in [0.25, 0.3) is 0 Å². The SMILES string of the molecule is CC(C)C(C)Cn1c(C2CC2)nc2c(C(=O)O)cccc21. The molecule has 1 fully saturated rings. The zero-order valence-electron chi connectivity index (χ0n) is 12.8. The van der Waals surface area contributed by atoms with Crippen molar-refractivity contribution in [2.75, 3.05) is 0 Å². The highest BCUT2D eigenvalue weighted by molar-refractivity contribution is 6.01. The van der Waals surface area contributed by atoms with E-state index in [1.807, 2.05) is 12.1 Å². The van der Waals surface area contributed by atoms with Crippen molar-refractivity contribution in [1.82, 2.24) is 9.55 Å². The van der Waals surface area contributed by atoms with Gasteiger partial charge in [-0.1, -0.05) is 26.8 Å². The van der Waals surface area contributed by atoms with E-state index >= 15 is 0 Å². The number of para-hydroxylation sites is 1. The van der Waals surface area contributed by atoms with Crippen molar-refractivity contribution in [1.29, 1.82) is 0 Å². The van der Waals surface area contributed by atoms with Gasteiger partial charge in [0, 0.05) is 12.5 Å². The van der Waals surface area contributed by atoms with Gasteiger partial charge in [0.2, 0.25) is 0 Å². The van der Waals surface area contributed by atoms with Gasteiger partial charge in [-0.2, -0.15) is 0 Å². The van der Waals surface area contributed by atoms with E-state index in [2.05, 4.69) is 25.3 Å². The van der Waals surface area contributed by atoms with Crippen molar-refractivity contribution >= 4 is 17.0 Å². The van der Waals surface area contributed by atoms with Crippen LogP contribution in [0.2, 0.25) is 0 Å². The lowest BCUT2D eigenvalue weighted by Crippen LogP contribution is -2.15. The molecule has 0 bridgehead atoms. The van der Waals surface area contributed by atoms with Crippen LogP contribution in [-0.4, -0.2) is 20.6 Å². The summed E-state index contributed by atoms with van der Waals surface area (Å²) < 4.78 is 2.25. The number of carboxylic acids is 1. The van der Waals surface area contributed by atoms with Gasteiger partial charge in [-0.15, -0.1) is 0 Å². The zero-order valence-corrected chi connectivity index (χ0v) is 12.8. The largest absolute Gasteiger partial charge is 0.478 e. The highest BCUT2D eigenvalue weighted by Crippen LogP contribution is 2.41. The third-order valence-electron chi connectivity index (χ3n) is 4.59. The predicted molar refractivity (Wildman–Crippen MR) is 82.7 cm³/mol. The quantitative estimate of drug-likeness (QED) is 0.906. The van der Waals surface area contributed by atoms with E-state index in [4.69, 9.17) is 4.98 Å². The predicted octanol–water partition coefficient (Wildman–Crippen LogP) is 3.90. The van der Waals surface area contributed by atoms with Gasteiger partial charge >= 0.3 is 5.97 Å². The molecule has 1 aliphatic carbocycles. The van der Waals surface area contributed by atoms with Crippen molar-refractivity contribution in [3.8, 4) is 0 Å². The summed E-state index contributed by atoms with van der Waals surface area (Å²) >= 11 is 0. The molecule has 1 aliphatic rings. The van der Waals surface area contributed by atoms with Crippen LogP contribution in [0.25, 0.3) is 11.0 Å². The Morgan fingerprint density at radius 1 is 1.38 bits per heavy atom. The van der Waals surface area contributed by atoms with Crippen molar-refractivity contribution in [2.24, 2.45) is 11.8 Å². The Labute approximate surface area is 124 Å². The van der Waals surface area contributed by atoms with Crippen LogP contribution < -0.4 is 0 Å². The molecule has 3 rings (SSSR count). The van der Waals surface area contributed by atoms with Gasteiger partial charge in [0.15, 0.2) is 0 Å². The average molecular weight is 286 g/mol. The standard InChI is InChI=1S/C17H22N2O2/c1-10(2)11(3)9-19-14-6-4-5-13(17(20)21)15(14)18-16(19)12-7-8-12/h4-6,10-12H,7-9H2,1-3H3,(H,20,21). The van der Waals surface area contributed by atoms with Crippen LogP contribution in [-0.2, 0) is 6.54 Å². The van der Waals surface area contributed by atoms with Crippen molar-refractivity contribution in [3.63, 3.8) is 0 Å². The maximum absolute atomic E-state index is 11.4. The maximum atomic E-state index is 11.4. The number of aromatic carboxylic acids is 1. The second-order valence-corrected chi connectivity index (χ2v) is 6.55. The molecule has 0 spiro atoms. The monoisotopic (exact) mass is 286 g/mol. The summed E-state index contributed by atoms with van der Waals surface area (Å²) in [7, 11) is 0. The Hall–Kier alpha value is -1.84. The molecule has 2 aromatic rings. The highest BCUT2D eigenvalue weighted by atomic mass is 16.4. The van der Waals surface area contributed by atoms with E-state index in [-0.39, 0.29) is 0 Å². The second kappa shape index (κ2) is 5.17. The molecular weight excluding hydrogens is 264 g/mol. The molecule has 0 aliphatic heterocycles. The summed E-state index contributed by atoms with van der Waals surface area (Å²) in [4.78, 5) is 16.1. The van der Waals surface area contributed by atoms with Crippen molar-refractivity contribution in [3.05, 3.63) is 29.6 Å². The van der Waals surface area contributed by atoms with Crippen molar-refractivity contribution in [2.45, 2.75) is 46.1 Å². The normalized spacial score (nSPS) is 16.6. The molecule has 4 nitrogen and oxygen atoms in total. The topological polar surface area (TPSA) is 55.1 Å². The molecule has 1 aromatic carbocycles. The maximum Gasteiger partial charge on any atom is 0.337 e. The summed E-state index contributed by atoms with van der Waals surface area (Å²) in [6.07, 6.45) is 2.34. The summed E-state index contributed by atoms with van der Waals surface area (Å²) in [5, 5.41) is 9.36. The highest BCUT2D eigenvalue weighted by Gasteiger charge is 2.31. The number of carboxylic acid groups (broad SMARTS) is 1. The lowest BCUT2D eigenvalue weighted by atomic mass is 9.98. The Kier molecular flexibility index (Phi) is 3.47. The summed E-state index contributed by atoms with van der Waals surface area (Å²) in [5.74, 6) is 1.82. The molecule has 0 radical (unpaired) electrons. The van der Waals surface area contributed by atoms with Gasteiger partial charge < -0.3 is 9.67 Å². The third kappa shape index (κ3) is 2.55. The number of aromatic nitrogens is 2. The summed E-state index contributed by atoms with van der Waals surface area (Å²) in [5.41, 5.74) is 1.91. The fourth-order valence-electron chi connectivity index (χ4n) is 2.68. The molecule has 1 heterocycles. The molecule has 1 aromatic heterocycles. The Balaban J connectivity index is 2.14. The smallest absolute Gasteiger partial charge is 0.337 e. The van der Waals surface area contributed by atoms with E-state index in [0.29, 0.717) is 28.8 Å². The summed E-state index contributed by atoms with van der Waals surface area (Å²) in [6.45, 7) is 7.60. The molecule has 21 heavy (non-hydrogen) atoms. The molecule has 1 unspecified atom stereocenters. The molecule has 0 amide bonds. The summed E-state index contributed by atoms with van der Waals surface area (Å²) in [6, 6.07) is 5.46. The van der Waals surface area contributed by atoms with Gasteiger partial charge in [0.05, 0.1) is 11.1 Å². The zero-order chi connectivity index (χ0) is 15.1. The number of nitrogens with zero attached hydrogens (tertiary/aromatic N) is 2. The van der Waals surface area contributed by atoms with Gasteiger partial charge in [0.1, 0.15) is 11.3 Å². The Morgan fingerprint density at radius 3 is 2.67 bits per heavy atom. The van der Waals surface area contributed by atoms with Crippen LogP contribution in [0.1, 0.15) is 55.7 Å². The van der Waals surface area contributed by atoms with Crippen LogP contribution in [0.15, 0.2) is 18.2 Å². The van der Waals surface area contributed by atoms with E-state index in [9.17, 15) is 9.90 Å². The van der Waals surface area contributed by atoms with Crippen LogP contribution in [0.4, 0.5) is 0 Å². The van der Waals surface area contributed by atoms with Crippen LogP contribution >= 0.6 is 0 Å². The number of benzene rings is 1. The number of carbonyl (C=O) groups is 1. The van der Waals surface area contributed by atoms with E-state index in [1.54, 1.807) is 6.07 Å². The van der Waals surface area contributed by atoms with Gasteiger partial charge in [-0.3, -0.25) is 0 Å². The first kappa shape index (κ1) is 14.1. The van der Waals surface area contributed by atoms with Gasteiger partial charge in [-0.05, 0) is 36.8 Å². The first-order chi connectivity index (χ1) is 9.99. The second-order valence-electron chi connectivity index (χ2n) is 6.55. The van der Waals surface area contributed by atoms with E-state index in [1.165, 1.54) is 12.8 Å². The Bertz CT molecular complexity index is 683. The van der Waals surface area contributed by atoms with Crippen LogP contribution in [0.3, 0.4) is 0 Å². The lowest BCUT2D eigenvalue weighted by molar-refractivity contribution is 0.0699. The van der Waals surface area contributed by atoms with Crippen LogP contribution in [0, 0.1) is 11.8 Å². The van der Waals surface area contributed by atoms with E-state index in [0.717, 1.165) is 17.9 Å². The molecule has 0 saturated heterocycles. The molecule has 112 valence electrons. The first-order valence-electron chi connectivity index (χ1n) is 7.71. The minimum absolute atomic E-state index is 0.311. The minimum atomic E-state index is -0.899. The molecule has 4 heteroatoms. The van der Waals surface area contributed by atoms with Crippen molar-refractivity contribution < 1.29 is 9.90 Å². The fraction of sp³-hybridized carbons (Fsp3) is 0.529. The molecule has 1 N–H and O–H groups in total.